The third-order valence-electron chi connectivity index (χ3n) is 2.33. The molecular weight excluding hydrogens is 252 g/mol. The Morgan fingerprint density at radius 3 is 2.39 bits per heavy atom. The number of nitrogens with one attached hydrogen (secondary N) is 2. The van der Waals surface area contributed by atoms with Crippen LogP contribution < -0.4 is 10.9 Å². The van der Waals surface area contributed by atoms with Gasteiger partial charge in [-0.05, 0) is 30.3 Å². The van der Waals surface area contributed by atoms with E-state index in [1.807, 2.05) is 30.3 Å². The molecule has 2 aromatic carbocycles. The zero-order chi connectivity index (χ0) is 13.0. The van der Waals surface area contributed by atoms with Crippen LogP contribution in [0.1, 0.15) is 10.4 Å². The minimum absolute atomic E-state index is 0.158. The van der Waals surface area contributed by atoms with E-state index in [4.69, 9.17) is 16.7 Å². The van der Waals surface area contributed by atoms with Crippen LogP contribution in [0.2, 0.25) is 5.02 Å². The van der Waals surface area contributed by atoms with Gasteiger partial charge in [0.15, 0.2) is 0 Å². The van der Waals surface area contributed by atoms with Gasteiger partial charge in [0, 0.05) is 0 Å². The van der Waals surface area contributed by atoms with Crippen molar-refractivity contribution < 1.29 is 9.90 Å². The fraction of sp³-hybridized carbons (Fsp3) is 0. The van der Waals surface area contributed by atoms with Gasteiger partial charge in [0.1, 0.15) is 0 Å². The van der Waals surface area contributed by atoms with E-state index < -0.39 is 5.97 Å². The summed E-state index contributed by atoms with van der Waals surface area (Å²) in [5, 5.41) is 9.16. The van der Waals surface area contributed by atoms with Gasteiger partial charge in [-0.15, -0.1) is 0 Å². The van der Waals surface area contributed by atoms with Crippen LogP contribution in [0.3, 0.4) is 0 Å². The van der Waals surface area contributed by atoms with Crippen LogP contribution in [0, 0.1) is 0 Å². The maximum Gasteiger partial charge on any atom is 0.335 e. The van der Waals surface area contributed by atoms with E-state index >= 15 is 0 Å². The number of rotatable bonds is 4. The van der Waals surface area contributed by atoms with Crippen LogP contribution in [0.15, 0.2) is 48.5 Å². The van der Waals surface area contributed by atoms with Gasteiger partial charge in [-0.1, -0.05) is 29.8 Å². The third kappa shape index (κ3) is 2.93. The summed E-state index contributed by atoms with van der Waals surface area (Å²) < 4.78 is 0. The molecule has 2 rings (SSSR count). The van der Waals surface area contributed by atoms with Gasteiger partial charge in [0.25, 0.3) is 0 Å². The predicted molar refractivity (Wildman–Crippen MR) is 72.1 cm³/mol. The van der Waals surface area contributed by atoms with E-state index in [0.29, 0.717) is 10.7 Å². The van der Waals surface area contributed by atoms with Gasteiger partial charge in [-0.2, -0.15) is 0 Å². The minimum Gasteiger partial charge on any atom is -0.478 e. The normalized spacial score (nSPS) is 9.83. The quantitative estimate of drug-likeness (QED) is 0.739. The zero-order valence-corrected chi connectivity index (χ0v) is 10.1. The molecule has 92 valence electrons. The van der Waals surface area contributed by atoms with Crippen molar-refractivity contribution in [1.29, 1.82) is 0 Å². The van der Waals surface area contributed by atoms with Crippen LogP contribution in [0.4, 0.5) is 11.4 Å². The maximum atomic E-state index is 10.7. The topological polar surface area (TPSA) is 61.4 Å². The standard InChI is InChI=1S/C13H11ClN2O2/c14-11-8-9(13(17)18)6-7-12(11)16-15-10-4-2-1-3-5-10/h1-8,15-16H,(H,17,18). The molecule has 3 N–H and O–H groups in total. The molecule has 0 saturated heterocycles. The first-order valence-corrected chi connectivity index (χ1v) is 5.64. The van der Waals surface area contributed by atoms with Crippen molar-refractivity contribution in [3.63, 3.8) is 0 Å². The summed E-state index contributed by atoms with van der Waals surface area (Å²) in [6.45, 7) is 0. The summed E-state index contributed by atoms with van der Waals surface area (Å²) in [6, 6.07) is 14.0. The highest BCUT2D eigenvalue weighted by Crippen LogP contribution is 2.23. The Morgan fingerprint density at radius 1 is 1.06 bits per heavy atom. The Morgan fingerprint density at radius 2 is 1.78 bits per heavy atom. The van der Waals surface area contributed by atoms with Gasteiger partial charge in [-0.25, -0.2) is 4.79 Å². The molecule has 0 bridgehead atoms. The molecule has 0 spiro atoms. The van der Waals surface area contributed by atoms with Crippen LogP contribution in [0.25, 0.3) is 0 Å². The van der Waals surface area contributed by atoms with Crippen molar-refractivity contribution in [3.05, 3.63) is 59.1 Å². The van der Waals surface area contributed by atoms with Crippen molar-refractivity contribution in [3.8, 4) is 0 Å². The first kappa shape index (κ1) is 12.3. The Balaban J connectivity index is 2.08. The molecular formula is C13H11ClN2O2. The van der Waals surface area contributed by atoms with Gasteiger partial charge in [-0.3, -0.25) is 5.43 Å². The number of halogens is 1. The van der Waals surface area contributed by atoms with Gasteiger partial charge in [0.2, 0.25) is 0 Å². The average molecular weight is 263 g/mol. The summed E-state index contributed by atoms with van der Waals surface area (Å²) in [7, 11) is 0. The Kier molecular flexibility index (Phi) is 3.69. The first-order valence-electron chi connectivity index (χ1n) is 5.27. The van der Waals surface area contributed by atoms with Crippen molar-refractivity contribution in [1.82, 2.24) is 0 Å². The maximum absolute atomic E-state index is 10.7. The smallest absolute Gasteiger partial charge is 0.335 e. The highest BCUT2D eigenvalue weighted by atomic mass is 35.5. The van der Waals surface area contributed by atoms with Crippen LogP contribution in [0.5, 0.6) is 0 Å². The molecule has 5 heteroatoms. The number of benzene rings is 2. The monoisotopic (exact) mass is 262 g/mol. The van der Waals surface area contributed by atoms with Crippen LogP contribution >= 0.6 is 11.6 Å². The van der Waals surface area contributed by atoms with Gasteiger partial charge < -0.3 is 10.5 Å². The molecule has 18 heavy (non-hydrogen) atoms. The molecule has 0 aliphatic heterocycles. The predicted octanol–water partition coefficient (Wildman–Crippen LogP) is 3.48. The molecule has 0 aromatic heterocycles. The summed E-state index contributed by atoms with van der Waals surface area (Å²) in [5.41, 5.74) is 7.55. The lowest BCUT2D eigenvalue weighted by molar-refractivity contribution is 0.0697. The number of para-hydroxylation sites is 1. The number of anilines is 2. The van der Waals surface area contributed by atoms with Gasteiger partial charge >= 0.3 is 5.97 Å². The molecule has 0 radical (unpaired) electrons. The van der Waals surface area contributed by atoms with Crippen LogP contribution in [-0.2, 0) is 0 Å². The van der Waals surface area contributed by atoms with Crippen LogP contribution in [-0.4, -0.2) is 11.1 Å². The molecule has 0 unspecified atom stereocenters. The minimum atomic E-state index is -1.00. The lowest BCUT2D eigenvalue weighted by Crippen LogP contribution is -2.09. The molecule has 0 amide bonds. The Labute approximate surface area is 109 Å². The lowest BCUT2D eigenvalue weighted by Gasteiger charge is -2.11. The lowest BCUT2D eigenvalue weighted by atomic mass is 10.2. The highest BCUT2D eigenvalue weighted by Gasteiger charge is 2.06. The van der Waals surface area contributed by atoms with Gasteiger partial charge in [0.05, 0.1) is 22.0 Å². The molecule has 0 saturated carbocycles. The van der Waals surface area contributed by atoms with E-state index in [2.05, 4.69) is 10.9 Å². The number of aromatic carboxylic acids is 1. The fourth-order valence-corrected chi connectivity index (χ4v) is 1.64. The fourth-order valence-electron chi connectivity index (χ4n) is 1.41. The van der Waals surface area contributed by atoms with Crippen molar-refractivity contribution in [2.45, 2.75) is 0 Å². The summed E-state index contributed by atoms with van der Waals surface area (Å²) in [5.74, 6) is -1.00. The van der Waals surface area contributed by atoms with Crippen molar-refractivity contribution in [2.75, 3.05) is 10.9 Å². The third-order valence-corrected chi connectivity index (χ3v) is 2.64. The van der Waals surface area contributed by atoms with E-state index in [9.17, 15) is 4.79 Å². The number of carbonyl (C=O) groups is 1. The van der Waals surface area contributed by atoms with Crippen molar-refractivity contribution >= 4 is 28.9 Å². The number of hydrazine groups is 1. The molecule has 0 atom stereocenters. The number of hydrogen-bond acceptors (Lipinski definition) is 3. The molecule has 0 fully saturated rings. The summed E-state index contributed by atoms with van der Waals surface area (Å²) >= 11 is 5.97. The molecule has 4 nitrogen and oxygen atoms in total. The highest BCUT2D eigenvalue weighted by molar-refractivity contribution is 6.33. The Bertz CT molecular complexity index is 558. The summed E-state index contributed by atoms with van der Waals surface area (Å²) in [6.07, 6.45) is 0. The largest absolute Gasteiger partial charge is 0.478 e. The van der Waals surface area contributed by atoms with E-state index in [1.165, 1.54) is 12.1 Å². The molecule has 2 aromatic rings. The number of hydrogen-bond donors (Lipinski definition) is 3. The second-order valence-corrected chi connectivity index (χ2v) is 4.02. The zero-order valence-electron chi connectivity index (χ0n) is 9.35. The SMILES string of the molecule is O=C(O)c1ccc(NNc2ccccc2)c(Cl)c1. The Hall–Kier alpha value is -2.20. The number of carboxylic acid groups (broad SMARTS) is 1. The second kappa shape index (κ2) is 5.42. The summed E-state index contributed by atoms with van der Waals surface area (Å²) in [4.78, 5) is 10.7. The van der Waals surface area contributed by atoms with Crippen molar-refractivity contribution in [2.24, 2.45) is 0 Å². The molecule has 0 heterocycles. The molecule has 0 aliphatic rings. The number of carboxylic acids is 1. The molecule has 0 aliphatic carbocycles. The first-order chi connectivity index (χ1) is 8.66. The second-order valence-electron chi connectivity index (χ2n) is 3.62. The van der Waals surface area contributed by atoms with E-state index in [1.54, 1.807) is 6.07 Å². The van der Waals surface area contributed by atoms with E-state index in [0.717, 1.165) is 5.69 Å². The van der Waals surface area contributed by atoms with E-state index in [-0.39, 0.29) is 5.56 Å². The average Bonchev–Trinajstić information content (AvgIpc) is 2.38.